The lowest BCUT2D eigenvalue weighted by molar-refractivity contribution is 0.402. The summed E-state index contributed by atoms with van der Waals surface area (Å²) in [5.41, 5.74) is 1.67. The van der Waals surface area contributed by atoms with E-state index in [1.807, 2.05) is 0 Å². The lowest BCUT2D eigenvalue weighted by atomic mass is 9.94. The fourth-order valence-corrected chi connectivity index (χ4v) is 2.66. The predicted molar refractivity (Wildman–Crippen MR) is 61.2 cm³/mol. The summed E-state index contributed by atoms with van der Waals surface area (Å²) in [6.07, 6.45) is 16.4. The van der Waals surface area contributed by atoms with Crippen LogP contribution in [0.1, 0.15) is 64.2 Å². The molecule has 0 aromatic rings. The van der Waals surface area contributed by atoms with E-state index in [0.29, 0.717) is 0 Å². The van der Waals surface area contributed by atoms with Gasteiger partial charge in [0.25, 0.3) is 0 Å². The molecule has 0 atom stereocenters. The average molecular weight is 193 g/mol. The molecule has 0 saturated heterocycles. The number of hydrogen-bond donors (Lipinski definition) is 1. The van der Waals surface area contributed by atoms with E-state index in [9.17, 15) is 0 Å². The lowest BCUT2D eigenvalue weighted by Crippen LogP contribution is -2.27. The Bertz CT molecular complexity index is 181. The molecule has 0 heterocycles. The molecule has 2 fully saturated rings. The summed E-state index contributed by atoms with van der Waals surface area (Å²) in [5, 5.41) is 3.63. The van der Waals surface area contributed by atoms with Crippen LogP contribution in [0.3, 0.4) is 0 Å². The van der Waals surface area contributed by atoms with Gasteiger partial charge in [-0.2, -0.15) is 0 Å². The van der Waals surface area contributed by atoms with E-state index in [2.05, 4.69) is 11.5 Å². The maximum Gasteiger partial charge on any atom is 0.0255 e. The molecule has 0 bridgehead atoms. The second-order valence-electron chi connectivity index (χ2n) is 4.86. The highest BCUT2D eigenvalue weighted by Gasteiger charge is 2.11. The summed E-state index contributed by atoms with van der Waals surface area (Å²) < 4.78 is 0. The van der Waals surface area contributed by atoms with Crippen LogP contribution in [0.5, 0.6) is 0 Å². The summed E-state index contributed by atoms with van der Waals surface area (Å²) in [6, 6.07) is 0.790. The number of nitrogens with one attached hydrogen (secondary N) is 1. The molecule has 2 rings (SSSR count). The largest absolute Gasteiger partial charge is 0.388 e. The Morgan fingerprint density at radius 1 is 0.857 bits per heavy atom. The minimum absolute atomic E-state index is 0.790. The van der Waals surface area contributed by atoms with Gasteiger partial charge in [-0.1, -0.05) is 31.3 Å². The maximum absolute atomic E-state index is 3.63. The molecule has 1 nitrogen and oxygen atoms in total. The van der Waals surface area contributed by atoms with Crippen molar-refractivity contribution in [2.75, 3.05) is 0 Å². The second kappa shape index (κ2) is 5.43. The summed E-state index contributed by atoms with van der Waals surface area (Å²) in [6.45, 7) is 0. The van der Waals surface area contributed by atoms with Crippen molar-refractivity contribution in [1.29, 1.82) is 0 Å². The van der Waals surface area contributed by atoms with Gasteiger partial charge in [0, 0.05) is 6.04 Å². The van der Waals surface area contributed by atoms with Gasteiger partial charge < -0.3 is 5.32 Å². The van der Waals surface area contributed by atoms with Crippen LogP contribution in [0, 0.1) is 0 Å². The van der Waals surface area contributed by atoms with Crippen molar-refractivity contribution in [2.45, 2.75) is 70.3 Å². The molecular formula is C13H23N. The van der Waals surface area contributed by atoms with E-state index in [0.717, 1.165) is 6.04 Å². The van der Waals surface area contributed by atoms with Gasteiger partial charge in [-0.15, -0.1) is 0 Å². The highest BCUT2D eigenvalue weighted by Crippen LogP contribution is 2.23. The first-order valence-electron chi connectivity index (χ1n) is 6.39. The summed E-state index contributed by atoms with van der Waals surface area (Å²) in [7, 11) is 0. The van der Waals surface area contributed by atoms with Crippen molar-refractivity contribution in [3.63, 3.8) is 0 Å². The average Bonchev–Trinajstić information content (AvgIpc) is 2.29. The van der Waals surface area contributed by atoms with Crippen LogP contribution < -0.4 is 5.32 Å². The van der Waals surface area contributed by atoms with Gasteiger partial charge in [-0.3, -0.25) is 0 Å². The molecule has 0 aliphatic heterocycles. The number of rotatable bonds is 2. The third-order valence-corrected chi connectivity index (χ3v) is 3.62. The highest BCUT2D eigenvalue weighted by molar-refractivity contribution is 5.03. The molecule has 0 unspecified atom stereocenters. The fraction of sp³-hybridized carbons (Fsp3) is 0.846. The fourth-order valence-electron chi connectivity index (χ4n) is 2.66. The molecule has 0 radical (unpaired) electrons. The van der Waals surface area contributed by atoms with Crippen LogP contribution in [-0.4, -0.2) is 6.04 Å². The first-order chi connectivity index (χ1) is 6.95. The van der Waals surface area contributed by atoms with Gasteiger partial charge in [-0.05, 0) is 44.7 Å². The lowest BCUT2D eigenvalue weighted by Gasteiger charge is -2.23. The third-order valence-electron chi connectivity index (χ3n) is 3.62. The van der Waals surface area contributed by atoms with Gasteiger partial charge in [0.15, 0.2) is 0 Å². The molecule has 1 N–H and O–H groups in total. The van der Waals surface area contributed by atoms with Crippen LogP contribution in [0.25, 0.3) is 0 Å². The minimum Gasteiger partial charge on any atom is -0.388 e. The first-order valence-corrected chi connectivity index (χ1v) is 6.39. The Morgan fingerprint density at radius 2 is 1.50 bits per heavy atom. The second-order valence-corrected chi connectivity index (χ2v) is 4.86. The van der Waals surface area contributed by atoms with Gasteiger partial charge in [0.2, 0.25) is 0 Å². The van der Waals surface area contributed by atoms with Crippen LogP contribution in [0.4, 0.5) is 0 Å². The quantitative estimate of drug-likeness (QED) is 0.704. The summed E-state index contributed by atoms with van der Waals surface area (Å²) in [4.78, 5) is 0. The highest BCUT2D eigenvalue weighted by atomic mass is 14.9. The van der Waals surface area contributed by atoms with E-state index in [1.165, 1.54) is 64.2 Å². The van der Waals surface area contributed by atoms with Crippen molar-refractivity contribution in [3.05, 3.63) is 11.8 Å². The van der Waals surface area contributed by atoms with Gasteiger partial charge in [0.1, 0.15) is 0 Å². The zero-order chi connectivity index (χ0) is 9.64. The Morgan fingerprint density at radius 3 is 2.21 bits per heavy atom. The SMILES string of the molecule is C(NC1CCCCC1)=C1CCCCC1. The summed E-state index contributed by atoms with van der Waals surface area (Å²) in [5.74, 6) is 0. The van der Waals surface area contributed by atoms with Crippen molar-refractivity contribution < 1.29 is 0 Å². The Balaban J connectivity index is 1.73. The Kier molecular flexibility index (Phi) is 3.90. The van der Waals surface area contributed by atoms with E-state index in [4.69, 9.17) is 0 Å². The Hall–Kier alpha value is -0.460. The van der Waals surface area contributed by atoms with Crippen molar-refractivity contribution in [3.8, 4) is 0 Å². The molecule has 0 aromatic heterocycles. The monoisotopic (exact) mass is 193 g/mol. The molecular weight excluding hydrogens is 170 g/mol. The molecule has 1 heteroatoms. The van der Waals surface area contributed by atoms with Crippen LogP contribution in [-0.2, 0) is 0 Å². The number of hydrogen-bond acceptors (Lipinski definition) is 1. The third kappa shape index (κ3) is 3.04. The zero-order valence-electron chi connectivity index (χ0n) is 9.23. The normalized spacial score (nSPS) is 24.7. The Labute approximate surface area is 88.0 Å². The smallest absolute Gasteiger partial charge is 0.0255 e. The molecule has 2 saturated carbocycles. The van der Waals surface area contributed by atoms with E-state index < -0.39 is 0 Å². The molecule has 0 amide bonds. The summed E-state index contributed by atoms with van der Waals surface area (Å²) >= 11 is 0. The van der Waals surface area contributed by atoms with E-state index in [1.54, 1.807) is 5.57 Å². The van der Waals surface area contributed by atoms with Crippen molar-refractivity contribution >= 4 is 0 Å². The predicted octanol–water partition coefficient (Wildman–Crippen LogP) is 3.76. The van der Waals surface area contributed by atoms with Crippen molar-refractivity contribution in [2.24, 2.45) is 0 Å². The van der Waals surface area contributed by atoms with Crippen LogP contribution >= 0.6 is 0 Å². The molecule has 2 aliphatic rings. The topological polar surface area (TPSA) is 12.0 Å². The molecule has 80 valence electrons. The van der Waals surface area contributed by atoms with E-state index in [-0.39, 0.29) is 0 Å². The molecule has 2 aliphatic carbocycles. The molecule has 0 spiro atoms. The minimum atomic E-state index is 0.790. The van der Waals surface area contributed by atoms with Gasteiger partial charge in [-0.25, -0.2) is 0 Å². The van der Waals surface area contributed by atoms with Crippen molar-refractivity contribution in [1.82, 2.24) is 5.32 Å². The van der Waals surface area contributed by atoms with E-state index >= 15 is 0 Å². The standard InChI is InChI=1S/C13H23N/c1-3-7-12(8-4-1)11-14-13-9-5-2-6-10-13/h11,13-14H,1-10H2. The first kappa shape index (κ1) is 10.1. The zero-order valence-corrected chi connectivity index (χ0v) is 9.23. The maximum atomic E-state index is 3.63. The molecule has 14 heavy (non-hydrogen) atoms. The number of allylic oxidation sites excluding steroid dienone is 1. The molecule has 0 aromatic carbocycles. The van der Waals surface area contributed by atoms with Crippen LogP contribution in [0.2, 0.25) is 0 Å². The van der Waals surface area contributed by atoms with Crippen LogP contribution in [0.15, 0.2) is 11.8 Å². The van der Waals surface area contributed by atoms with Gasteiger partial charge in [0.05, 0.1) is 0 Å². The van der Waals surface area contributed by atoms with Gasteiger partial charge >= 0.3 is 0 Å².